The molecule has 0 aliphatic heterocycles. The van der Waals surface area contributed by atoms with Crippen LogP contribution in [0.5, 0.6) is 0 Å². The molecule has 2 aromatic rings. The zero-order valence-corrected chi connectivity index (χ0v) is 9.90. The summed E-state index contributed by atoms with van der Waals surface area (Å²) >= 11 is 12.0. The molecule has 0 radical (unpaired) electrons. The van der Waals surface area contributed by atoms with Gasteiger partial charge < -0.3 is 4.98 Å². The fourth-order valence-corrected chi connectivity index (χ4v) is 2.62. The third-order valence-electron chi connectivity index (χ3n) is 3.00. The molecule has 0 spiro atoms. The van der Waals surface area contributed by atoms with E-state index in [-0.39, 0.29) is 0 Å². The number of nitrogens with one attached hydrogen (secondary N) is 1. The minimum atomic E-state index is 0.488. The number of carbonyl (C=O) groups is 1. The Morgan fingerprint density at radius 1 is 1.31 bits per heavy atom. The molecule has 2 nitrogen and oxygen atoms in total. The summed E-state index contributed by atoms with van der Waals surface area (Å²) in [6, 6.07) is 3.47. The van der Waals surface area contributed by atoms with Gasteiger partial charge in [0, 0.05) is 21.7 Å². The van der Waals surface area contributed by atoms with E-state index in [4.69, 9.17) is 23.2 Å². The molecule has 1 heterocycles. The van der Waals surface area contributed by atoms with Crippen LogP contribution in [0.4, 0.5) is 0 Å². The summed E-state index contributed by atoms with van der Waals surface area (Å²) in [4.78, 5) is 14.4. The number of halogens is 2. The van der Waals surface area contributed by atoms with Crippen LogP contribution in [0.2, 0.25) is 10.0 Å². The van der Waals surface area contributed by atoms with E-state index in [0.29, 0.717) is 21.5 Å². The van der Waals surface area contributed by atoms with Crippen LogP contribution in [0.3, 0.4) is 0 Å². The zero-order valence-electron chi connectivity index (χ0n) is 8.39. The Hall–Kier alpha value is -0.990. The van der Waals surface area contributed by atoms with Gasteiger partial charge in [0.05, 0.1) is 10.5 Å². The number of hydrogen-bond acceptors (Lipinski definition) is 1. The quantitative estimate of drug-likeness (QED) is 0.801. The van der Waals surface area contributed by atoms with Gasteiger partial charge in [0.1, 0.15) is 0 Å². The van der Waals surface area contributed by atoms with Gasteiger partial charge in [-0.1, -0.05) is 23.2 Å². The van der Waals surface area contributed by atoms with Crippen LogP contribution in [-0.2, 0) is 0 Å². The highest BCUT2D eigenvalue weighted by molar-refractivity contribution is 6.38. The number of hydrogen-bond donors (Lipinski definition) is 1. The van der Waals surface area contributed by atoms with E-state index in [1.54, 1.807) is 12.1 Å². The maximum Gasteiger partial charge on any atom is 0.152 e. The molecular weight excluding hydrogens is 245 g/mol. The molecule has 82 valence electrons. The SMILES string of the molecule is O=Cc1c(C2CC2)[nH]c2c(Cl)cc(Cl)cc12. The number of fused-ring (bicyclic) bond motifs is 1. The highest BCUT2D eigenvalue weighted by Gasteiger charge is 2.29. The van der Waals surface area contributed by atoms with Crippen LogP contribution in [0.1, 0.15) is 34.8 Å². The maximum absolute atomic E-state index is 11.2. The molecule has 1 aliphatic carbocycles. The van der Waals surface area contributed by atoms with Crippen molar-refractivity contribution < 1.29 is 4.79 Å². The van der Waals surface area contributed by atoms with Gasteiger partial charge >= 0.3 is 0 Å². The van der Waals surface area contributed by atoms with Gasteiger partial charge in [-0.2, -0.15) is 0 Å². The predicted octanol–water partition coefficient (Wildman–Crippen LogP) is 4.16. The van der Waals surface area contributed by atoms with Crippen molar-refractivity contribution in [3.05, 3.63) is 33.4 Å². The fourth-order valence-electron chi connectivity index (χ4n) is 2.08. The third-order valence-corrected chi connectivity index (χ3v) is 3.51. The molecule has 1 saturated carbocycles. The van der Waals surface area contributed by atoms with Crippen molar-refractivity contribution in [2.75, 3.05) is 0 Å². The summed E-state index contributed by atoms with van der Waals surface area (Å²) in [7, 11) is 0. The monoisotopic (exact) mass is 253 g/mol. The van der Waals surface area contributed by atoms with Gasteiger partial charge in [-0.05, 0) is 30.9 Å². The lowest BCUT2D eigenvalue weighted by Gasteiger charge is -1.95. The summed E-state index contributed by atoms with van der Waals surface area (Å²) < 4.78 is 0. The van der Waals surface area contributed by atoms with Gasteiger partial charge in [0.25, 0.3) is 0 Å². The minimum absolute atomic E-state index is 0.488. The average Bonchev–Trinajstić information content (AvgIpc) is 3.00. The van der Waals surface area contributed by atoms with Gasteiger partial charge in [-0.25, -0.2) is 0 Å². The van der Waals surface area contributed by atoms with Gasteiger partial charge in [-0.3, -0.25) is 4.79 Å². The molecule has 4 heteroatoms. The van der Waals surface area contributed by atoms with E-state index in [9.17, 15) is 4.79 Å². The molecule has 1 aliphatic rings. The fraction of sp³-hybridized carbons (Fsp3) is 0.250. The lowest BCUT2D eigenvalue weighted by Crippen LogP contribution is -1.85. The number of aldehydes is 1. The first-order chi connectivity index (χ1) is 7.70. The Labute approximate surface area is 103 Å². The first-order valence-electron chi connectivity index (χ1n) is 5.16. The summed E-state index contributed by atoms with van der Waals surface area (Å²) in [5, 5.41) is 1.95. The number of aromatic nitrogens is 1. The second kappa shape index (κ2) is 3.51. The van der Waals surface area contributed by atoms with Crippen molar-refractivity contribution in [3.8, 4) is 0 Å². The Bertz CT molecular complexity index is 584. The average molecular weight is 254 g/mol. The van der Waals surface area contributed by atoms with Crippen LogP contribution in [0, 0.1) is 0 Å². The lowest BCUT2D eigenvalue weighted by atomic mass is 10.1. The lowest BCUT2D eigenvalue weighted by molar-refractivity contribution is 0.112. The van der Waals surface area contributed by atoms with E-state index in [0.717, 1.165) is 35.7 Å². The smallest absolute Gasteiger partial charge is 0.152 e. The number of benzene rings is 1. The number of aromatic amines is 1. The van der Waals surface area contributed by atoms with Crippen LogP contribution < -0.4 is 0 Å². The molecule has 1 fully saturated rings. The number of rotatable bonds is 2. The summed E-state index contributed by atoms with van der Waals surface area (Å²) in [6.07, 6.45) is 3.16. The van der Waals surface area contributed by atoms with Gasteiger partial charge in [0.15, 0.2) is 6.29 Å². The summed E-state index contributed by atoms with van der Waals surface area (Å²) in [6.45, 7) is 0. The Balaban J connectivity index is 2.37. The topological polar surface area (TPSA) is 32.9 Å². The second-order valence-electron chi connectivity index (χ2n) is 4.15. The van der Waals surface area contributed by atoms with Crippen molar-refractivity contribution in [2.45, 2.75) is 18.8 Å². The van der Waals surface area contributed by atoms with Gasteiger partial charge in [-0.15, -0.1) is 0 Å². The van der Waals surface area contributed by atoms with Gasteiger partial charge in [0.2, 0.25) is 0 Å². The molecule has 0 amide bonds. The van der Waals surface area contributed by atoms with E-state index in [1.165, 1.54) is 0 Å². The molecule has 1 N–H and O–H groups in total. The molecule has 1 aromatic heterocycles. The van der Waals surface area contributed by atoms with Crippen LogP contribution in [-0.4, -0.2) is 11.3 Å². The summed E-state index contributed by atoms with van der Waals surface area (Å²) in [5.41, 5.74) is 2.53. The normalized spacial score (nSPS) is 15.6. The third kappa shape index (κ3) is 1.45. The molecule has 0 unspecified atom stereocenters. The molecule has 0 bridgehead atoms. The first kappa shape index (κ1) is 10.2. The molecule has 0 saturated heterocycles. The Morgan fingerprint density at radius 3 is 2.69 bits per heavy atom. The Kier molecular flexibility index (Phi) is 2.23. The van der Waals surface area contributed by atoms with Crippen molar-refractivity contribution in [2.24, 2.45) is 0 Å². The van der Waals surface area contributed by atoms with Crippen LogP contribution >= 0.6 is 23.2 Å². The van der Waals surface area contributed by atoms with Crippen molar-refractivity contribution in [3.63, 3.8) is 0 Å². The standard InChI is InChI=1S/C12H9Cl2NO/c13-7-3-8-9(5-16)11(6-1-2-6)15-12(8)10(14)4-7/h3-6,15H,1-2H2. The number of carbonyl (C=O) groups excluding carboxylic acids is 1. The molecule has 0 atom stereocenters. The van der Waals surface area contributed by atoms with Crippen molar-refractivity contribution in [1.29, 1.82) is 0 Å². The minimum Gasteiger partial charge on any atom is -0.356 e. The van der Waals surface area contributed by atoms with Crippen LogP contribution in [0.15, 0.2) is 12.1 Å². The second-order valence-corrected chi connectivity index (χ2v) is 5.00. The highest BCUT2D eigenvalue weighted by atomic mass is 35.5. The highest BCUT2D eigenvalue weighted by Crippen LogP contribution is 2.43. The largest absolute Gasteiger partial charge is 0.356 e. The van der Waals surface area contributed by atoms with Crippen molar-refractivity contribution in [1.82, 2.24) is 4.98 Å². The van der Waals surface area contributed by atoms with E-state index >= 15 is 0 Å². The molecule has 3 rings (SSSR count). The van der Waals surface area contributed by atoms with Crippen LogP contribution in [0.25, 0.3) is 10.9 Å². The Morgan fingerprint density at radius 2 is 2.06 bits per heavy atom. The summed E-state index contributed by atoms with van der Waals surface area (Å²) in [5.74, 6) is 0.488. The zero-order chi connectivity index (χ0) is 11.3. The first-order valence-corrected chi connectivity index (χ1v) is 5.92. The van der Waals surface area contributed by atoms with E-state index < -0.39 is 0 Å². The van der Waals surface area contributed by atoms with E-state index in [2.05, 4.69) is 4.98 Å². The molecular formula is C12H9Cl2NO. The molecule has 1 aromatic carbocycles. The maximum atomic E-state index is 11.2. The predicted molar refractivity (Wildman–Crippen MR) is 65.7 cm³/mol. The number of H-pyrrole nitrogens is 1. The molecule has 16 heavy (non-hydrogen) atoms. The van der Waals surface area contributed by atoms with Crippen molar-refractivity contribution >= 4 is 40.4 Å². The van der Waals surface area contributed by atoms with E-state index in [1.807, 2.05) is 0 Å².